The average Bonchev–Trinajstić information content (AvgIpc) is 2.49. The highest BCUT2D eigenvalue weighted by Gasteiger charge is 2.16. The van der Waals surface area contributed by atoms with Crippen LogP contribution in [0.5, 0.6) is 5.75 Å². The van der Waals surface area contributed by atoms with Gasteiger partial charge in [-0.25, -0.2) is 4.39 Å². The molecule has 0 amide bonds. The second-order valence-corrected chi connectivity index (χ2v) is 5.31. The number of hydrogen-bond acceptors (Lipinski definition) is 2. The first kappa shape index (κ1) is 15.8. The maximum Gasteiger partial charge on any atom is 0.123 e. The lowest BCUT2D eigenvalue weighted by Crippen LogP contribution is -2.16. The molecule has 2 nitrogen and oxygen atoms in total. The predicted octanol–water partition coefficient (Wildman–Crippen LogP) is 4.16. The number of ether oxygens (including phenoxy) is 1. The number of hydrogen-bond donors (Lipinski definition) is 1. The van der Waals surface area contributed by atoms with Gasteiger partial charge < -0.3 is 10.5 Å². The highest BCUT2D eigenvalue weighted by Crippen LogP contribution is 2.31. The number of nitrogens with two attached hydrogens (primary N) is 1. The van der Waals surface area contributed by atoms with Crippen LogP contribution in [-0.2, 0) is 6.42 Å². The Morgan fingerprint density at radius 2 is 1.90 bits per heavy atom. The molecule has 0 saturated carbocycles. The summed E-state index contributed by atoms with van der Waals surface area (Å²) in [7, 11) is 0. The molecule has 1 atom stereocenters. The molecule has 0 bridgehead atoms. The highest BCUT2D eigenvalue weighted by atomic mass is 35.5. The van der Waals surface area contributed by atoms with E-state index in [1.54, 1.807) is 12.1 Å². The minimum atomic E-state index is -0.235. The van der Waals surface area contributed by atoms with E-state index in [0.29, 0.717) is 18.2 Å². The van der Waals surface area contributed by atoms with Crippen LogP contribution < -0.4 is 10.5 Å². The fourth-order valence-electron chi connectivity index (χ4n) is 2.35. The first-order valence-electron chi connectivity index (χ1n) is 7.00. The van der Waals surface area contributed by atoms with Gasteiger partial charge in [0.15, 0.2) is 0 Å². The average molecular weight is 308 g/mol. The van der Waals surface area contributed by atoms with E-state index >= 15 is 0 Å². The molecule has 4 heteroatoms. The summed E-state index contributed by atoms with van der Waals surface area (Å²) >= 11 is 6.10. The monoisotopic (exact) mass is 307 g/mol. The van der Waals surface area contributed by atoms with E-state index in [1.165, 1.54) is 12.1 Å². The van der Waals surface area contributed by atoms with Crippen molar-refractivity contribution >= 4 is 11.6 Å². The van der Waals surface area contributed by atoms with Crippen molar-refractivity contribution in [1.82, 2.24) is 0 Å². The van der Waals surface area contributed by atoms with Crippen molar-refractivity contribution in [2.75, 3.05) is 13.2 Å². The van der Waals surface area contributed by atoms with Crippen LogP contribution >= 0.6 is 11.6 Å². The lowest BCUT2D eigenvalue weighted by Gasteiger charge is -2.19. The molecule has 0 heterocycles. The van der Waals surface area contributed by atoms with E-state index in [0.717, 1.165) is 23.3 Å². The molecule has 1 unspecified atom stereocenters. The predicted molar refractivity (Wildman–Crippen MR) is 84.5 cm³/mol. The minimum Gasteiger partial charge on any atom is -0.494 e. The Morgan fingerprint density at radius 3 is 2.52 bits per heavy atom. The zero-order chi connectivity index (χ0) is 15.2. The van der Waals surface area contributed by atoms with Gasteiger partial charge in [-0.2, -0.15) is 0 Å². The van der Waals surface area contributed by atoms with Crippen LogP contribution in [0.2, 0.25) is 5.02 Å². The molecule has 0 aliphatic carbocycles. The molecule has 0 radical (unpaired) electrons. The van der Waals surface area contributed by atoms with E-state index in [2.05, 4.69) is 0 Å². The second kappa shape index (κ2) is 7.43. The third kappa shape index (κ3) is 4.19. The molecule has 2 aromatic carbocycles. The van der Waals surface area contributed by atoms with Crippen LogP contribution in [0.1, 0.15) is 24.0 Å². The summed E-state index contributed by atoms with van der Waals surface area (Å²) in [5.41, 5.74) is 7.96. The van der Waals surface area contributed by atoms with Crippen molar-refractivity contribution in [3.63, 3.8) is 0 Å². The molecule has 21 heavy (non-hydrogen) atoms. The normalized spacial score (nSPS) is 12.2. The summed E-state index contributed by atoms with van der Waals surface area (Å²) in [6.45, 7) is 3.00. The Kier molecular flexibility index (Phi) is 5.59. The molecule has 0 spiro atoms. The highest BCUT2D eigenvalue weighted by molar-refractivity contribution is 6.30. The number of benzene rings is 2. The largest absolute Gasteiger partial charge is 0.494 e. The first-order chi connectivity index (χ1) is 10.1. The van der Waals surface area contributed by atoms with Crippen LogP contribution in [0, 0.1) is 5.82 Å². The molecule has 2 N–H and O–H groups in total. The van der Waals surface area contributed by atoms with Gasteiger partial charge in [0.2, 0.25) is 0 Å². The van der Waals surface area contributed by atoms with Gasteiger partial charge in [-0.15, -0.1) is 0 Å². The van der Waals surface area contributed by atoms with Crippen LogP contribution in [0.15, 0.2) is 42.5 Å². The Balaban J connectivity index is 2.27. The van der Waals surface area contributed by atoms with E-state index < -0.39 is 0 Å². The summed E-state index contributed by atoms with van der Waals surface area (Å²) in [6.07, 6.45) is 0.719. The SMILES string of the molecule is CCOc1ccc(Cl)cc1C(CN)Cc1ccc(F)cc1. The van der Waals surface area contributed by atoms with Gasteiger partial charge in [0.25, 0.3) is 0 Å². The standard InChI is InChI=1S/C17H19ClFNO/c1-2-21-17-8-5-14(18)10-16(17)13(11-20)9-12-3-6-15(19)7-4-12/h3-8,10,13H,2,9,11,20H2,1H3. The van der Waals surface area contributed by atoms with E-state index in [-0.39, 0.29) is 11.7 Å². The van der Waals surface area contributed by atoms with E-state index in [4.69, 9.17) is 22.1 Å². The fourth-order valence-corrected chi connectivity index (χ4v) is 2.53. The van der Waals surface area contributed by atoms with Crippen molar-refractivity contribution in [2.45, 2.75) is 19.3 Å². The van der Waals surface area contributed by atoms with Gasteiger partial charge in [-0.05, 0) is 55.8 Å². The molecular formula is C17H19ClFNO. The Morgan fingerprint density at radius 1 is 1.19 bits per heavy atom. The fraction of sp³-hybridized carbons (Fsp3) is 0.294. The second-order valence-electron chi connectivity index (χ2n) is 4.88. The Bertz CT molecular complexity index is 586. The Labute approximate surface area is 129 Å². The topological polar surface area (TPSA) is 35.2 Å². The first-order valence-corrected chi connectivity index (χ1v) is 7.38. The summed E-state index contributed by atoms with van der Waals surface area (Å²) in [5, 5.41) is 0.658. The van der Waals surface area contributed by atoms with Crippen LogP contribution in [-0.4, -0.2) is 13.2 Å². The number of halogens is 2. The molecule has 112 valence electrons. The van der Waals surface area contributed by atoms with E-state index in [9.17, 15) is 4.39 Å². The zero-order valence-electron chi connectivity index (χ0n) is 12.0. The number of rotatable bonds is 6. The van der Waals surface area contributed by atoms with Gasteiger partial charge in [0, 0.05) is 16.5 Å². The van der Waals surface area contributed by atoms with Gasteiger partial charge in [0.1, 0.15) is 11.6 Å². The lowest BCUT2D eigenvalue weighted by atomic mass is 9.91. The summed E-state index contributed by atoms with van der Waals surface area (Å²) in [6, 6.07) is 12.1. The van der Waals surface area contributed by atoms with Crippen molar-refractivity contribution in [3.05, 3.63) is 64.4 Å². The quantitative estimate of drug-likeness (QED) is 0.869. The molecule has 2 aromatic rings. The van der Waals surface area contributed by atoms with Crippen molar-refractivity contribution < 1.29 is 9.13 Å². The van der Waals surface area contributed by atoms with Gasteiger partial charge in [0.05, 0.1) is 6.61 Å². The Hall–Kier alpha value is -1.58. The maximum absolute atomic E-state index is 13.0. The molecule has 0 aliphatic rings. The van der Waals surface area contributed by atoms with Crippen molar-refractivity contribution in [3.8, 4) is 5.75 Å². The van der Waals surface area contributed by atoms with Gasteiger partial charge >= 0.3 is 0 Å². The smallest absolute Gasteiger partial charge is 0.123 e. The molecule has 0 aliphatic heterocycles. The molecule has 0 saturated heterocycles. The minimum absolute atomic E-state index is 0.0794. The molecule has 0 fully saturated rings. The van der Waals surface area contributed by atoms with Crippen LogP contribution in [0.4, 0.5) is 4.39 Å². The van der Waals surface area contributed by atoms with Crippen molar-refractivity contribution in [2.24, 2.45) is 5.73 Å². The summed E-state index contributed by atoms with van der Waals surface area (Å²) in [5.74, 6) is 0.649. The third-order valence-electron chi connectivity index (χ3n) is 3.39. The molecular weight excluding hydrogens is 289 g/mol. The maximum atomic E-state index is 13.0. The lowest BCUT2D eigenvalue weighted by molar-refractivity contribution is 0.334. The third-order valence-corrected chi connectivity index (χ3v) is 3.63. The van der Waals surface area contributed by atoms with E-state index in [1.807, 2.05) is 25.1 Å². The van der Waals surface area contributed by atoms with Gasteiger partial charge in [-0.3, -0.25) is 0 Å². The summed E-state index contributed by atoms with van der Waals surface area (Å²) in [4.78, 5) is 0. The van der Waals surface area contributed by atoms with Crippen LogP contribution in [0.3, 0.4) is 0 Å². The molecule has 2 rings (SSSR count). The molecule has 0 aromatic heterocycles. The zero-order valence-corrected chi connectivity index (χ0v) is 12.7. The van der Waals surface area contributed by atoms with Crippen LogP contribution in [0.25, 0.3) is 0 Å². The van der Waals surface area contributed by atoms with Gasteiger partial charge in [-0.1, -0.05) is 23.7 Å². The summed E-state index contributed by atoms with van der Waals surface area (Å²) < 4.78 is 18.6. The van der Waals surface area contributed by atoms with Crippen molar-refractivity contribution in [1.29, 1.82) is 0 Å².